The highest BCUT2D eigenvalue weighted by molar-refractivity contribution is 6.30. The van der Waals surface area contributed by atoms with Gasteiger partial charge in [0.1, 0.15) is 0 Å². The van der Waals surface area contributed by atoms with Crippen LogP contribution < -0.4 is 0 Å². The van der Waals surface area contributed by atoms with Crippen molar-refractivity contribution < 1.29 is 0 Å². The molecular weight excluding hydrogens is 1080 g/mol. The highest BCUT2D eigenvalue weighted by Crippen LogP contribution is 2.61. The molecule has 16 aromatic carbocycles. The maximum atomic E-state index is 2.55. The zero-order chi connectivity index (χ0) is 59.3. The molecule has 0 bridgehead atoms. The first-order chi connectivity index (χ1) is 44.7. The van der Waals surface area contributed by atoms with Crippen LogP contribution in [0, 0.1) is 0 Å². The largest absolute Gasteiger partial charge is 0.0713 e. The summed E-state index contributed by atoms with van der Waals surface area (Å²) in [6.07, 6.45) is 0. The Morgan fingerprint density at radius 1 is 0.144 bits per heavy atom. The molecule has 0 amide bonds. The van der Waals surface area contributed by atoms with E-state index in [-0.39, 0.29) is 0 Å². The van der Waals surface area contributed by atoms with Gasteiger partial charge >= 0.3 is 0 Å². The van der Waals surface area contributed by atoms with Gasteiger partial charge in [0.15, 0.2) is 0 Å². The molecule has 0 heteroatoms. The van der Waals surface area contributed by atoms with E-state index in [1.807, 2.05) is 0 Å². The number of rotatable bonds is 9. The zero-order valence-electron chi connectivity index (χ0n) is 49.5. The lowest BCUT2D eigenvalue weighted by molar-refractivity contribution is 0.769. The SMILES string of the molecule is c1ccc(-c2ccc3c(c2)C(c2ccccc2)(c2ccccc2)c2cc(-c4c5ccccc5c(-c5c6ccccc6c(-c6ccc7c(c6)C(c6ccccc6)(c6ccccc6)c6cc(-c8ccccc8)ccc6-7)c6ccccc56)c5ccccc45)ccc2-3)cc1. The van der Waals surface area contributed by atoms with Crippen LogP contribution in [0.3, 0.4) is 0 Å². The number of benzene rings is 16. The number of hydrogen-bond donors (Lipinski definition) is 0. The Morgan fingerprint density at radius 3 is 0.600 bits per heavy atom. The minimum absolute atomic E-state index is 0.599. The molecule has 16 aromatic rings. The van der Waals surface area contributed by atoms with E-state index in [0.29, 0.717) is 0 Å². The van der Waals surface area contributed by atoms with E-state index >= 15 is 0 Å². The molecule has 0 unspecified atom stereocenters. The predicted octanol–water partition coefficient (Wildman–Crippen LogP) is 23.4. The third-order valence-corrected chi connectivity index (χ3v) is 20.0. The van der Waals surface area contributed by atoms with Crippen LogP contribution >= 0.6 is 0 Å². The van der Waals surface area contributed by atoms with Crippen molar-refractivity contribution in [3.05, 3.63) is 396 Å². The van der Waals surface area contributed by atoms with Crippen molar-refractivity contribution >= 4 is 43.1 Å². The monoisotopic (exact) mass is 1140 g/mol. The van der Waals surface area contributed by atoms with Gasteiger partial charge in [0.2, 0.25) is 0 Å². The summed E-state index contributed by atoms with van der Waals surface area (Å²) in [5.74, 6) is 0. The van der Waals surface area contributed by atoms with Gasteiger partial charge in [0, 0.05) is 0 Å². The van der Waals surface area contributed by atoms with Crippen LogP contribution in [0.25, 0.3) is 121 Å². The first-order valence-corrected chi connectivity index (χ1v) is 31.5. The molecule has 18 rings (SSSR count). The van der Waals surface area contributed by atoms with Crippen molar-refractivity contribution in [3.63, 3.8) is 0 Å². The Balaban J connectivity index is 0.869. The average Bonchev–Trinajstić information content (AvgIpc) is 1.45. The normalized spacial score (nSPS) is 13.3. The summed E-state index contributed by atoms with van der Waals surface area (Å²) in [7, 11) is 0. The summed E-state index contributed by atoms with van der Waals surface area (Å²) in [4.78, 5) is 0. The van der Waals surface area contributed by atoms with E-state index in [1.54, 1.807) is 0 Å². The first kappa shape index (κ1) is 51.8. The highest BCUT2D eigenvalue weighted by atomic mass is 14.5. The smallest absolute Gasteiger partial charge is 0.0622 e. The number of hydrogen-bond acceptors (Lipinski definition) is 0. The summed E-state index contributed by atoms with van der Waals surface area (Å²) in [5, 5.41) is 9.80. The maximum absolute atomic E-state index is 2.55. The molecule has 0 saturated heterocycles. The molecule has 2 aliphatic carbocycles. The molecular formula is C90H58. The second kappa shape index (κ2) is 20.6. The Bertz CT molecular complexity index is 4950. The molecule has 0 fully saturated rings. The minimum atomic E-state index is -0.599. The van der Waals surface area contributed by atoms with Crippen molar-refractivity contribution in [3.8, 4) is 77.9 Å². The van der Waals surface area contributed by atoms with Gasteiger partial charge in [-0.1, -0.05) is 328 Å². The van der Waals surface area contributed by atoms with Crippen LogP contribution in [0.4, 0.5) is 0 Å². The van der Waals surface area contributed by atoms with E-state index < -0.39 is 10.8 Å². The zero-order valence-corrected chi connectivity index (χ0v) is 49.5. The maximum Gasteiger partial charge on any atom is 0.0713 e. The molecule has 2 aliphatic rings. The van der Waals surface area contributed by atoms with Gasteiger partial charge in [-0.2, -0.15) is 0 Å². The van der Waals surface area contributed by atoms with E-state index in [1.165, 1.54) is 165 Å². The number of fused-ring (bicyclic) bond motifs is 10. The molecule has 0 radical (unpaired) electrons. The van der Waals surface area contributed by atoms with E-state index in [9.17, 15) is 0 Å². The van der Waals surface area contributed by atoms with Crippen molar-refractivity contribution in [1.82, 2.24) is 0 Å². The predicted molar refractivity (Wildman–Crippen MR) is 378 cm³/mol. The van der Waals surface area contributed by atoms with Crippen LogP contribution in [0.2, 0.25) is 0 Å². The van der Waals surface area contributed by atoms with E-state index in [0.717, 1.165) is 0 Å². The first-order valence-electron chi connectivity index (χ1n) is 31.5. The lowest BCUT2D eigenvalue weighted by Gasteiger charge is -2.34. The second-order valence-corrected chi connectivity index (χ2v) is 24.4. The fraction of sp³-hybridized carbons (Fsp3) is 0.0222. The quantitative estimate of drug-likeness (QED) is 0.126. The van der Waals surface area contributed by atoms with E-state index in [4.69, 9.17) is 0 Å². The summed E-state index contributed by atoms with van der Waals surface area (Å²) in [6.45, 7) is 0. The van der Waals surface area contributed by atoms with Gasteiger partial charge in [-0.15, -0.1) is 0 Å². The third kappa shape index (κ3) is 7.55. The highest BCUT2D eigenvalue weighted by Gasteiger charge is 2.48. The van der Waals surface area contributed by atoms with Gasteiger partial charge in [0.25, 0.3) is 0 Å². The van der Waals surface area contributed by atoms with Gasteiger partial charge in [0.05, 0.1) is 10.8 Å². The van der Waals surface area contributed by atoms with Crippen molar-refractivity contribution in [2.45, 2.75) is 10.8 Å². The Morgan fingerprint density at radius 2 is 0.344 bits per heavy atom. The Kier molecular flexibility index (Phi) is 11.8. The molecule has 0 nitrogen and oxygen atoms in total. The topological polar surface area (TPSA) is 0 Å². The fourth-order valence-electron chi connectivity index (χ4n) is 16.3. The van der Waals surface area contributed by atoms with Crippen LogP contribution in [0.1, 0.15) is 44.5 Å². The van der Waals surface area contributed by atoms with E-state index in [2.05, 4.69) is 352 Å². The second-order valence-electron chi connectivity index (χ2n) is 24.4. The molecule has 0 aromatic heterocycles. The molecule has 0 aliphatic heterocycles. The Labute approximate surface area is 525 Å². The minimum Gasteiger partial charge on any atom is -0.0622 e. The third-order valence-electron chi connectivity index (χ3n) is 20.0. The van der Waals surface area contributed by atoms with Crippen molar-refractivity contribution in [1.29, 1.82) is 0 Å². The summed E-state index contributed by atoms with van der Waals surface area (Å²) in [5.41, 5.74) is 26.3. The van der Waals surface area contributed by atoms with Crippen molar-refractivity contribution in [2.24, 2.45) is 0 Å². The lowest BCUT2D eigenvalue weighted by atomic mass is 9.67. The van der Waals surface area contributed by atoms with Crippen molar-refractivity contribution in [2.75, 3.05) is 0 Å². The van der Waals surface area contributed by atoms with Gasteiger partial charge in [-0.05, 0) is 190 Å². The summed E-state index contributed by atoms with van der Waals surface area (Å²) >= 11 is 0. The van der Waals surface area contributed by atoms with Gasteiger partial charge in [-0.3, -0.25) is 0 Å². The molecule has 418 valence electrons. The van der Waals surface area contributed by atoms with Crippen LogP contribution in [-0.4, -0.2) is 0 Å². The standard InChI is InChI=1S/C90H58/c1-7-27-59(28-8-1)61-47-51-69-71-53-49-63(57-83(71)89(81(69)55-61,65-31-11-3-12-32-65)66-33-13-4-14-34-66)85-73-39-19-23-43-77(73)87(78-44-24-20-40-74(78)85)88-79-45-25-21-41-75(79)86(76-42-22-26-46-80(76)88)64-50-54-72-70-52-48-62(60-29-9-2-10-30-60)56-82(70)90(84(72)58-64,67-35-15-5-16-36-67)68-37-17-6-18-38-68/h1-58H. The average molecular weight is 1140 g/mol. The van der Waals surface area contributed by atoms with Crippen LogP contribution in [-0.2, 0) is 10.8 Å². The molecule has 0 atom stereocenters. The summed E-state index contributed by atoms with van der Waals surface area (Å²) < 4.78 is 0. The van der Waals surface area contributed by atoms with Crippen LogP contribution in [0.15, 0.2) is 352 Å². The molecule has 0 heterocycles. The Hall–Kier alpha value is -11.4. The fourth-order valence-corrected chi connectivity index (χ4v) is 16.3. The van der Waals surface area contributed by atoms with Gasteiger partial charge in [-0.25, -0.2) is 0 Å². The molecule has 0 N–H and O–H groups in total. The molecule has 0 saturated carbocycles. The van der Waals surface area contributed by atoms with Gasteiger partial charge < -0.3 is 0 Å². The molecule has 0 spiro atoms. The summed E-state index contributed by atoms with van der Waals surface area (Å²) in [6, 6.07) is 132. The lowest BCUT2D eigenvalue weighted by Crippen LogP contribution is -2.28. The van der Waals surface area contributed by atoms with Crippen LogP contribution in [0.5, 0.6) is 0 Å². The molecule has 90 heavy (non-hydrogen) atoms.